The molecule has 10 nitrogen and oxygen atoms in total. The molecular weight excluding hydrogens is 562 g/mol. The fourth-order valence-electron chi connectivity index (χ4n) is 4.67. The Labute approximate surface area is 258 Å². The molecule has 0 heterocycles. The molecule has 0 spiro atoms. The lowest BCUT2D eigenvalue weighted by Gasteiger charge is -2.27. The molecule has 234 valence electrons. The summed E-state index contributed by atoms with van der Waals surface area (Å²) >= 11 is 0. The third kappa shape index (κ3) is 10.6. The van der Waals surface area contributed by atoms with Crippen molar-refractivity contribution < 1.29 is 33.9 Å². The van der Waals surface area contributed by atoms with Crippen molar-refractivity contribution >= 4 is 40.8 Å². The van der Waals surface area contributed by atoms with Crippen LogP contribution in [-0.2, 0) is 41.6 Å². The normalized spacial score (nSPS) is 13.8. The first-order valence-electron chi connectivity index (χ1n) is 14.6. The van der Waals surface area contributed by atoms with E-state index in [-0.39, 0.29) is 37.4 Å². The Balaban J connectivity index is 2.18. The monoisotopic (exact) mass is 603 g/mol. The summed E-state index contributed by atoms with van der Waals surface area (Å²) in [6.07, 6.45) is 0.268. The highest BCUT2D eigenvalue weighted by Crippen LogP contribution is 2.24. The molecule has 2 amide bonds. The number of amides is 2. The summed E-state index contributed by atoms with van der Waals surface area (Å²) in [5.41, 5.74) is 0.487. The quantitative estimate of drug-likeness (QED) is 0.180. The summed E-state index contributed by atoms with van der Waals surface area (Å²) < 4.78 is 0. The van der Waals surface area contributed by atoms with Gasteiger partial charge in [-0.1, -0.05) is 80.4 Å². The Hall–Kier alpha value is -4.65. The predicted octanol–water partition coefficient (Wildman–Crippen LogP) is 4.27. The van der Waals surface area contributed by atoms with E-state index in [9.17, 15) is 33.9 Å². The third-order valence-corrected chi connectivity index (χ3v) is 7.63. The fraction of sp³-hybridized carbons (Fsp3) is 0.441. The van der Waals surface area contributed by atoms with Gasteiger partial charge in [-0.3, -0.25) is 28.8 Å². The highest BCUT2D eigenvalue weighted by atomic mass is 16.4. The van der Waals surface area contributed by atoms with E-state index < -0.39 is 52.8 Å². The van der Waals surface area contributed by atoms with Crippen molar-refractivity contribution in [1.82, 2.24) is 10.6 Å². The van der Waals surface area contributed by atoms with Crippen LogP contribution >= 0.6 is 0 Å². The largest absolute Gasteiger partial charge is 0.481 e. The number of carbonyl (C=O) groups is 6. The topological polar surface area (TPSA) is 151 Å². The Bertz CT molecular complexity index is 1410. The maximum atomic E-state index is 13.4. The van der Waals surface area contributed by atoms with Gasteiger partial charge in [-0.15, -0.1) is 0 Å². The van der Waals surface area contributed by atoms with Gasteiger partial charge >= 0.3 is 5.97 Å². The molecule has 10 heteroatoms. The number of carboxylic acid groups (broad SMARTS) is 1. The van der Waals surface area contributed by atoms with Crippen LogP contribution in [0.2, 0.25) is 0 Å². The van der Waals surface area contributed by atoms with Gasteiger partial charge in [0.15, 0.2) is 11.5 Å². The van der Waals surface area contributed by atoms with E-state index in [1.807, 2.05) is 30.3 Å². The van der Waals surface area contributed by atoms with Gasteiger partial charge in [0, 0.05) is 25.2 Å². The Morgan fingerprint density at radius 3 is 2.16 bits per heavy atom. The minimum atomic E-state index is -1.36. The molecule has 2 aromatic carbocycles. The van der Waals surface area contributed by atoms with Crippen molar-refractivity contribution in [2.45, 2.75) is 78.8 Å². The lowest BCUT2D eigenvalue weighted by atomic mass is 9.82. The van der Waals surface area contributed by atoms with Crippen molar-refractivity contribution in [3.8, 4) is 0 Å². The van der Waals surface area contributed by atoms with Crippen molar-refractivity contribution in [3.63, 3.8) is 0 Å². The summed E-state index contributed by atoms with van der Waals surface area (Å²) in [6.45, 7) is 14.9. The van der Waals surface area contributed by atoms with Gasteiger partial charge in [-0.25, -0.2) is 4.85 Å². The van der Waals surface area contributed by atoms with Crippen LogP contribution in [-0.4, -0.2) is 52.3 Å². The van der Waals surface area contributed by atoms with Crippen molar-refractivity contribution in [2.75, 3.05) is 0 Å². The van der Waals surface area contributed by atoms with Crippen LogP contribution in [0.5, 0.6) is 0 Å². The zero-order chi connectivity index (χ0) is 33.0. The van der Waals surface area contributed by atoms with Crippen LogP contribution in [0.15, 0.2) is 54.6 Å². The molecule has 2 aromatic rings. The number of nitrogens with zero attached hydrogens (tertiary/aromatic N) is 1. The Kier molecular flexibility index (Phi) is 13.1. The van der Waals surface area contributed by atoms with Crippen LogP contribution in [0.3, 0.4) is 0 Å². The summed E-state index contributed by atoms with van der Waals surface area (Å²) in [4.78, 5) is 80.3. The molecule has 0 bridgehead atoms. The minimum absolute atomic E-state index is 0.118. The molecule has 0 aromatic heterocycles. The summed E-state index contributed by atoms with van der Waals surface area (Å²) in [5.74, 6) is -5.78. The summed E-state index contributed by atoms with van der Waals surface area (Å²) in [7, 11) is 0. The molecular formula is C34H41N3O7. The predicted molar refractivity (Wildman–Crippen MR) is 165 cm³/mol. The number of benzene rings is 2. The third-order valence-electron chi connectivity index (χ3n) is 7.63. The van der Waals surface area contributed by atoms with E-state index in [0.29, 0.717) is 17.7 Å². The highest BCUT2D eigenvalue weighted by molar-refractivity contribution is 6.38. The van der Waals surface area contributed by atoms with E-state index in [0.717, 1.165) is 5.56 Å². The first-order chi connectivity index (χ1) is 20.7. The zero-order valence-electron chi connectivity index (χ0n) is 25.9. The van der Waals surface area contributed by atoms with E-state index in [1.54, 1.807) is 38.1 Å². The SMILES string of the molecule is [C-]#[N+]c1cccc(C[C@H](CC(=O)Cc2ccccc2)C(=O)NC(C)C(=O)C(=O)N[C@H](C(=O)CC(C)(C)C(=O)O)[C@@H](C)CC)c1. The summed E-state index contributed by atoms with van der Waals surface area (Å²) in [5, 5.41) is 14.4. The molecule has 3 N–H and O–H groups in total. The molecule has 44 heavy (non-hydrogen) atoms. The molecule has 0 aliphatic carbocycles. The summed E-state index contributed by atoms with van der Waals surface area (Å²) in [6, 6.07) is 13.4. The van der Waals surface area contributed by atoms with Gasteiger partial charge in [-0.05, 0) is 38.7 Å². The molecule has 0 saturated heterocycles. The molecule has 0 aliphatic heterocycles. The second-order valence-electron chi connectivity index (χ2n) is 11.9. The van der Waals surface area contributed by atoms with E-state index in [1.165, 1.54) is 20.8 Å². The first-order valence-corrected chi connectivity index (χ1v) is 14.6. The molecule has 4 atom stereocenters. The molecule has 2 rings (SSSR count). The van der Waals surface area contributed by atoms with Gasteiger partial charge in [0.25, 0.3) is 5.91 Å². The average molecular weight is 604 g/mol. The highest BCUT2D eigenvalue weighted by Gasteiger charge is 2.37. The second kappa shape index (κ2) is 16.3. The molecule has 0 fully saturated rings. The number of Topliss-reactive ketones (excluding diaryl/α,β-unsaturated/α-hetero) is 3. The smallest absolute Gasteiger partial charge is 0.309 e. The van der Waals surface area contributed by atoms with Crippen LogP contribution in [0.4, 0.5) is 5.69 Å². The number of aliphatic carboxylic acids is 1. The van der Waals surface area contributed by atoms with Crippen molar-refractivity contribution in [2.24, 2.45) is 17.3 Å². The van der Waals surface area contributed by atoms with Crippen LogP contribution in [0.25, 0.3) is 4.85 Å². The lowest BCUT2D eigenvalue weighted by Crippen LogP contribution is -2.53. The van der Waals surface area contributed by atoms with Gasteiger partial charge in [-0.2, -0.15) is 0 Å². The lowest BCUT2D eigenvalue weighted by molar-refractivity contribution is -0.150. The number of rotatable bonds is 17. The fourth-order valence-corrected chi connectivity index (χ4v) is 4.67. The van der Waals surface area contributed by atoms with Gasteiger partial charge in [0.05, 0.1) is 24.1 Å². The molecule has 0 aliphatic rings. The average Bonchev–Trinajstić information content (AvgIpc) is 2.98. The number of carbonyl (C=O) groups excluding carboxylic acids is 5. The zero-order valence-corrected chi connectivity index (χ0v) is 25.9. The molecule has 0 saturated carbocycles. The van der Waals surface area contributed by atoms with Crippen LogP contribution in [0, 0.1) is 23.8 Å². The maximum Gasteiger partial charge on any atom is 0.309 e. The second-order valence-corrected chi connectivity index (χ2v) is 11.9. The van der Waals surface area contributed by atoms with E-state index in [4.69, 9.17) is 6.57 Å². The number of hydrogen-bond acceptors (Lipinski definition) is 6. The van der Waals surface area contributed by atoms with Crippen LogP contribution < -0.4 is 10.6 Å². The van der Waals surface area contributed by atoms with Crippen molar-refractivity contribution in [1.29, 1.82) is 0 Å². The molecule has 1 unspecified atom stereocenters. The van der Waals surface area contributed by atoms with Gasteiger partial charge in [0.2, 0.25) is 11.7 Å². The Morgan fingerprint density at radius 2 is 1.57 bits per heavy atom. The van der Waals surface area contributed by atoms with E-state index in [2.05, 4.69) is 15.5 Å². The minimum Gasteiger partial charge on any atom is -0.481 e. The Morgan fingerprint density at radius 1 is 0.932 bits per heavy atom. The standard InChI is InChI=1S/C34H41N3O7/c1-7-21(2)29(28(39)20-34(4,5)33(43)44)37-32(42)30(40)22(3)36-31(41)25(16-24-14-11-15-26(17-24)35-6)19-27(38)18-23-12-9-8-10-13-23/h8-15,17,21-22,25,29H,7,16,18-20H2,1-5H3,(H,36,41)(H,37,42)(H,43,44)/t21-,22?,25+,29-/m0/s1. The van der Waals surface area contributed by atoms with Crippen molar-refractivity contribution in [3.05, 3.63) is 77.1 Å². The number of hydrogen-bond donors (Lipinski definition) is 3. The van der Waals surface area contributed by atoms with Crippen LogP contribution in [0.1, 0.15) is 65.0 Å². The van der Waals surface area contributed by atoms with Gasteiger partial charge in [0.1, 0.15) is 5.78 Å². The van der Waals surface area contributed by atoms with Gasteiger partial charge < -0.3 is 15.7 Å². The number of ketones is 3. The first kappa shape index (κ1) is 35.5. The maximum absolute atomic E-state index is 13.4. The van der Waals surface area contributed by atoms with E-state index >= 15 is 0 Å². The molecule has 0 radical (unpaired) electrons. The number of carboxylic acids is 1. The number of nitrogens with one attached hydrogen (secondary N) is 2.